The smallest absolute Gasteiger partial charge is 0.428 e. The fraction of sp³-hybridized carbons (Fsp3) is 0.320. The molecule has 1 fully saturated rings. The van der Waals surface area contributed by atoms with Crippen LogP contribution in [0.5, 0.6) is 5.75 Å². The maximum absolute atomic E-state index is 13.0. The number of imide groups is 1. The second-order valence-electron chi connectivity index (χ2n) is 8.51. The number of fused-ring (bicyclic) bond motifs is 1. The van der Waals surface area contributed by atoms with Crippen LogP contribution in [0.15, 0.2) is 42.5 Å². The number of alkyl halides is 4. The molecule has 1 unspecified atom stereocenters. The Morgan fingerprint density at radius 3 is 2.31 bits per heavy atom. The maximum Gasteiger partial charge on any atom is 0.461 e. The number of carbonyl (C=O) groups is 5. The first-order valence-electron chi connectivity index (χ1n) is 11.0. The monoisotopic (exact) mass is 505 g/mol. The van der Waals surface area contributed by atoms with Gasteiger partial charge in [-0.05, 0) is 54.8 Å². The number of halogens is 4. The molecule has 1 saturated carbocycles. The van der Waals surface area contributed by atoms with Crippen molar-refractivity contribution in [3.8, 4) is 5.75 Å². The van der Waals surface area contributed by atoms with Crippen LogP contribution in [0.3, 0.4) is 0 Å². The van der Waals surface area contributed by atoms with Crippen molar-refractivity contribution in [1.29, 1.82) is 0 Å². The topological polar surface area (TPSA) is 97.8 Å². The van der Waals surface area contributed by atoms with Gasteiger partial charge in [-0.15, -0.1) is 0 Å². The van der Waals surface area contributed by atoms with E-state index >= 15 is 0 Å². The number of hydrogen-bond donors (Lipinski definition) is 0. The zero-order valence-corrected chi connectivity index (χ0v) is 18.6. The van der Waals surface area contributed by atoms with Crippen molar-refractivity contribution >= 4 is 29.2 Å². The molecule has 0 spiro atoms. The Kier molecular flexibility index (Phi) is 6.75. The van der Waals surface area contributed by atoms with Crippen LogP contribution < -0.4 is 4.74 Å². The first-order valence-corrected chi connectivity index (χ1v) is 11.0. The summed E-state index contributed by atoms with van der Waals surface area (Å²) in [6.45, 7) is 0. The lowest BCUT2D eigenvalue weighted by Crippen LogP contribution is -2.47. The third-order valence-electron chi connectivity index (χ3n) is 6.06. The first kappa shape index (κ1) is 25.2. The summed E-state index contributed by atoms with van der Waals surface area (Å²) in [6, 6.07) is 7.84. The highest BCUT2D eigenvalue weighted by Gasteiger charge is 2.45. The molecule has 2 aromatic carbocycles. The Morgan fingerprint density at radius 2 is 1.67 bits per heavy atom. The van der Waals surface area contributed by atoms with Crippen molar-refractivity contribution in [2.75, 3.05) is 0 Å². The van der Waals surface area contributed by atoms with E-state index in [1.807, 2.05) is 0 Å². The van der Waals surface area contributed by atoms with Crippen molar-refractivity contribution in [3.63, 3.8) is 0 Å². The van der Waals surface area contributed by atoms with Crippen LogP contribution in [-0.2, 0) is 16.0 Å². The summed E-state index contributed by atoms with van der Waals surface area (Å²) in [7, 11) is 0. The lowest BCUT2D eigenvalue weighted by molar-refractivity contribution is -0.253. The largest absolute Gasteiger partial charge is 0.461 e. The average Bonchev–Trinajstić information content (AvgIpc) is 3.07. The minimum absolute atomic E-state index is 0.0265. The van der Waals surface area contributed by atoms with Gasteiger partial charge in [-0.25, -0.2) is 0 Å². The number of Topliss-reactive ketones (excluding diaryl/α,β-unsaturated/α-hetero) is 3. The Labute approximate surface area is 202 Å². The third kappa shape index (κ3) is 4.91. The minimum Gasteiger partial charge on any atom is -0.428 e. The van der Waals surface area contributed by atoms with E-state index in [0.29, 0.717) is 5.56 Å². The Bertz CT molecular complexity index is 1260. The number of aryl methyl sites for hydroxylation is 1. The third-order valence-corrected chi connectivity index (χ3v) is 6.06. The average molecular weight is 505 g/mol. The number of hydrogen-bond acceptors (Lipinski definition) is 6. The summed E-state index contributed by atoms with van der Waals surface area (Å²) >= 11 is 0. The number of ether oxygens (including phenoxy) is 1. The van der Waals surface area contributed by atoms with Gasteiger partial charge in [0.25, 0.3) is 11.8 Å². The molecule has 1 aliphatic carbocycles. The van der Waals surface area contributed by atoms with Gasteiger partial charge in [0, 0.05) is 18.4 Å². The molecule has 0 saturated heterocycles. The van der Waals surface area contributed by atoms with Crippen LogP contribution in [0.1, 0.15) is 62.3 Å². The molecule has 7 nitrogen and oxygen atoms in total. The second-order valence-corrected chi connectivity index (χ2v) is 8.51. The van der Waals surface area contributed by atoms with Crippen LogP contribution in [0.4, 0.5) is 17.6 Å². The molecule has 0 radical (unpaired) electrons. The zero-order chi connectivity index (χ0) is 26.2. The molecule has 0 N–H and O–H groups in total. The predicted molar refractivity (Wildman–Crippen MR) is 115 cm³/mol. The lowest BCUT2D eigenvalue weighted by atomic mass is 9.92. The highest BCUT2D eigenvalue weighted by Crippen LogP contribution is 2.30. The van der Waals surface area contributed by atoms with Crippen molar-refractivity contribution in [3.05, 3.63) is 64.7 Å². The standard InChI is InChI=1S/C25H19F4NO6/c26-24(27)25(28,29)36-16-6-3-14(4-7-16)20(32)10-2-13-1-8-17-18(11-13)23(35)30(22(17)34)19-9-5-15(31)12-21(19)33/h1,3-4,6-8,11,19,24H,2,5,9-10,12H2. The van der Waals surface area contributed by atoms with E-state index < -0.39 is 41.9 Å². The van der Waals surface area contributed by atoms with Gasteiger partial charge in [-0.2, -0.15) is 17.6 Å². The molecule has 2 amide bonds. The highest BCUT2D eigenvalue weighted by atomic mass is 19.3. The van der Waals surface area contributed by atoms with E-state index in [1.165, 1.54) is 24.3 Å². The van der Waals surface area contributed by atoms with Crippen LogP contribution in [0.25, 0.3) is 0 Å². The lowest BCUT2D eigenvalue weighted by Gasteiger charge is -2.27. The second kappa shape index (κ2) is 9.63. The van der Waals surface area contributed by atoms with Crippen molar-refractivity contribution in [2.45, 2.75) is 50.7 Å². The van der Waals surface area contributed by atoms with Gasteiger partial charge < -0.3 is 4.74 Å². The van der Waals surface area contributed by atoms with Gasteiger partial charge in [-0.1, -0.05) is 6.07 Å². The van der Waals surface area contributed by atoms with Gasteiger partial charge in [0.05, 0.1) is 23.6 Å². The predicted octanol–water partition coefficient (Wildman–Crippen LogP) is 4.03. The number of ketones is 3. The van der Waals surface area contributed by atoms with Gasteiger partial charge in [0.1, 0.15) is 11.5 Å². The van der Waals surface area contributed by atoms with Crippen molar-refractivity contribution in [2.24, 2.45) is 0 Å². The van der Waals surface area contributed by atoms with Gasteiger partial charge in [0.15, 0.2) is 11.6 Å². The molecule has 2 aliphatic rings. The molecule has 188 valence electrons. The normalized spacial score (nSPS) is 18.1. The summed E-state index contributed by atoms with van der Waals surface area (Å²) < 4.78 is 54.4. The van der Waals surface area contributed by atoms with Crippen LogP contribution >= 0.6 is 0 Å². The van der Waals surface area contributed by atoms with E-state index in [-0.39, 0.29) is 60.4 Å². The summed E-state index contributed by atoms with van der Waals surface area (Å²) in [5, 5.41) is 0. The van der Waals surface area contributed by atoms with E-state index in [4.69, 9.17) is 0 Å². The number of benzene rings is 2. The number of rotatable bonds is 8. The number of nitrogens with zero attached hydrogens (tertiary/aromatic N) is 1. The van der Waals surface area contributed by atoms with Crippen molar-refractivity contribution in [1.82, 2.24) is 4.90 Å². The van der Waals surface area contributed by atoms with Gasteiger partial charge in [0.2, 0.25) is 0 Å². The molecule has 1 aliphatic heterocycles. The molecule has 1 heterocycles. The van der Waals surface area contributed by atoms with E-state index in [9.17, 15) is 41.5 Å². The van der Waals surface area contributed by atoms with E-state index in [2.05, 4.69) is 4.74 Å². The Morgan fingerprint density at radius 1 is 1.00 bits per heavy atom. The van der Waals surface area contributed by atoms with Crippen molar-refractivity contribution < 1.29 is 46.3 Å². The van der Waals surface area contributed by atoms with Crippen LogP contribution in [-0.4, -0.2) is 52.6 Å². The fourth-order valence-electron chi connectivity index (χ4n) is 4.19. The number of carbonyl (C=O) groups excluding carboxylic acids is 5. The Balaban J connectivity index is 1.41. The SMILES string of the molecule is O=C1CCC(N2C(=O)c3ccc(CCC(=O)c4ccc(OC(F)(F)C(F)F)cc4)cc3C2=O)C(=O)C1. The van der Waals surface area contributed by atoms with E-state index in [1.54, 1.807) is 6.07 Å². The Hall–Kier alpha value is -3.89. The summed E-state index contributed by atoms with van der Waals surface area (Å²) in [5.74, 6) is -2.83. The molecule has 0 bridgehead atoms. The molecular weight excluding hydrogens is 486 g/mol. The zero-order valence-electron chi connectivity index (χ0n) is 18.6. The molecule has 2 aromatic rings. The molecule has 11 heteroatoms. The minimum atomic E-state index is -4.66. The molecular formula is C25H19F4NO6. The summed E-state index contributed by atoms with van der Waals surface area (Å²) in [6.07, 6.45) is -8.62. The quantitative estimate of drug-likeness (QED) is 0.233. The molecule has 0 aromatic heterocycles. The van der Waals surface area contributed by atoms with Gasteiger partial charge in [-0.3, -0.25) is 28.9 Å². The van der Waals surface area contributed by atoms with Gasteiger partial charge >= 0.3 is 12.5 Å². The molecule has 36 heavy (non-hydrogen) atoms. The van der Waals surface area contributed by atoms with E-state index in [0.717, 1.165) is 17.0 Å². The molecule has 1 atom stereocenters. The maximum atomic E-state index is 13.0. The summed E-state index contributed by atoms with van der Waals surface area (Å²) in [4.78, 5) is 62.8. The first-order chi connectivity index (χ1) is 17.0. The van der Waals surface area contributed by atoms with Crippen LogP contribution in [0.2, 0.25) is 0 Å². The highest BCUT2D eigenvalue weighted by molar-refractivity contribution is 6.23. The summed E-state index contributed by atoms with van der Waals surface area (Å²) in [5.41, 5.74) is 0.963. The fourth-order valence-corrected chi connectivity index (χ4v) is 4.19. The molecule has 4 rings (SSSR count). The van der Waals surface area contributed by atoms with Crippen LogP contribution in [0, 0.1) is 0 Å². The number of amides is 2.